The van der Waals surface area contributed by atoms with Gasteiger partial charge in [0.05, 0.1) is 7.11 Å². The standard InChI is InChI=1S/C23H29N3O3/c1-3-24-23(28)26-13-5-8-20(16-26)18-6-4-7-19(14-18)22(27)25-15-17-9-11-21(29-2)12-10-17/h4,6-7,9-12,14,20H,3,5,8,13,15-16H2,1-2H3,(H,24,28)(H,25,27)/t20-/m0/s1. The Morgan fingerprint density at radius 2 is 1.93 bits per heavy atom. The van der Waals surface area contributed by atoms with Crippen LogP contribution in [-0.4, -0.2) is 43.6 Å². The third-order valence-electron chi connectivity index (χ3n) is 5.27. The van der Waals surface area contributed by atoms with Crippen molar-refractivity contribution in [2.45, 2.75) is 32.2 Å². The molecule has 1 aliphatic heterocycles. The summed E-state index contributed by atoms with van der Waals surface area (Å²) in [4.78, 5) is 26.6. The van der Waals surface area contributed by atoms with Crippen molar-refractivity contribution in [3.05, 3.63) is 65.2 Å². The molecule has 1 fully saturated rings. The van der Waals surface area contributed by atoms with Gasteiger partial charge in [-0.15, -0.1) is 0 Å². The van der Waals surface area contributed by atoms with Crippen molar-refractivity contribution in [1.82, 2.24) is 15.5 Å². The molecule has 6 heteroatoms. The zero-order valence-electron chi connectivity index (χ0n) is 17.1. The van der Waals surface area contributed by atoms with Crippen molar-refractivity contribution < 1.29 is 14.3 Å². The zero-order chi connectivity index (χ0) is 20.6. The average Bonchev–Trinajstić information content (AvgIpc) is 2.78. The molecule has 2 aromatic rings. The number of benzene rings is 2. The highest BCUT2D eigenvalue weighted by atomic mass is 16.5. The van der Waals surface area contributed by atoms with Gasteiger partial charge >= 0.3 is 6.03 Å². The van der Waals surface area contributed by atoms with Crippen LogP contribution in [-0.2, 0) is 6.54 Å². The SMILES string of the molecule is CCNC(=O)N1CCC[C@H](c2cccc(C(=O)NCc3ccc(OC)cc3)c2)C1. The number of amides is 3. The fourth-order valence-corrected chi connectivity index (χ4v) is 3.66. The molecule has 0 aromatic heterocycles. The Morgan fingerprint density at radius 1 is 1.14 bits per heavy atom. The van der Waals surface area contributed by atoms with Crippen LogP contribution in [0.1, 0.15) is 47.2 Å². The topological polar surface area (TPSA) is 70.7 Å². The van der Waals surface area contributed by atoms with Crippen LogP contribution >= 0.6 is 0 Å². The minimum Gasteiger partial charge on any atom is -0.497 e. The van der Waals surface area contributed by atoms with Gasteiger partial charge in [0.15, 0.2) is 0 Å². The van der Waals surface area contributed by atoms with Gasteiger partial charge in [0.2, 0.25) is 0 Å². The molecule has 6 nitrogen and oxygen atoms in total. The van der Waals surface area contributed by atoms with E-state index in [0.29, 0.717) is 25.2 Å². The number of hydrogen-bond donors (Lipinski definition) is 2. The molecule has 1 aliphatic rings. The number of rotatable bonds is 6. The Balaban J connectivity index is 1.62. The van der Waals surface area contributed by atoms with Crippen molar-refractivity contribution in [3.8, 4) is 5.75 Å². The summed E-state index contributed by atoms with van der Waals surface area (Å²) in [5.74, 6) is 0.946. The summed E-state index contributed by atoms with van der Waals surface area (Å²) in [5.41, 5.74) is 2.77. The molecule has 29 heavy (non-hydrogen) atoms. The number of methoxy groups -OCH3 is 1. The Bertz CT molecular complexity index is 836. The fraction of sp³-hybridized carbons (Fsp3) is 0.391. The third kappa shape index (κ3) is 5.50. The van der Waals surface area contributed by atoms with E-state index >= 15 is 0 Å². The predicted octanol–water partition coefficient (Wildman–Crippen LogP) is 3.53. The maximum atomic E-state index is 12.6. The first-order valence-corrected chi connectivity index (χ1v) is 10.1. The number of carbonyl (C=O) groups excluding carboxylic acids is 2. The Hall–Kier alpha value is -3.02. The quantitative estimate of drug-likeness (QED) is 0.786. The van der Waals surface area contributed by atoms with Crippen LogP contribution in [0.2, 0.25) is 0 Å². The molecule has 0 spiro atoms. The van der Waals surface area contributed by atoms with Crippen molar-refractivity contribution in [1.29, 1.82) is 0 Å². The monoisotopic (exact) mass is 395 g/mol. The molecular weight excluding hydrogens is 366 g/mol. The number of ether oxygens (including phenoxy) is 1. The Labute approximate surface area is 172 Å². The number of carbonyl (C=O) groups is 2. The molecule has 2 N–H and O–H groups in total. The van der Waals surface area contributed by atoms with E-state index < -0.39 is 0 Å². The molecule has 0 unspecified atom stereocenters. The highest BCUT2D eigenvalue weighted by Gasteiger charge is 2.24. The summed E-state index contributed by atoms with van der Waals surface area (Å²) in [6, 6.07) is 15.4. The lowest BCUT2D eigenvalue weighted by atomic mass is 9.89. The molecule has 3 rings (SSSR count). The average molecular weight is 396 g/mol. The molecule has 3 amide bonds. The van der Waals surface area contributed by atoms with Crippen LogP contribution in [0.4, 0.5) is 4.79 Å². The summed E-state index contributed by atoms with van der Waals surface area (Å²) < 4.78 is 5.15. The van der Waals surface area contributed by atoms with E-state index in [4.69, 9.17) is 4.74 Å². The molecule has 0 bridgehead atoms. The first kappa shape index (κ1) is 20.7. The number of piperidine rings is 1. The van der Waals surface area contributed by atoms with E-state index in [1.54, 1.807) is 7.11 Å². The lowest BCUT2D eigenvalue weighted by molar-refractivity contribution is 0.0950. The summed E-state index contributed by atoms with van der Waals surface area (Å²) in [6.07, 6.45) is 1.99. The lowest BCUT2D eigenvalue weighted by Gasteiger charge is -2.33. The van der Waals surface area contributed by atoms with E-state index in [1.807, 2.05) is 60.4 Å². The molecular formula is C23H29N3O3. The highest BCUT2D eigenvalue weighted by molar-refractivity contribution is 5.94. The van der Waals surface area contributed by atoms with Crippen LogP contribution in [0, 0.1) is 0 Å². The molecule has 2 aromatic carbocycles. The summed E-state index contributed by atoms with van der Waals surface area (Å²) in [5, 5.41) is 5.84. The van der Waals surface area contributed by atoms with E-state index in [2.05, 4.69) is 10.6 Å². The van der Waals surface area contributed by atoms with Gasteiger partial charge < -0.3 is 20.3 Å². The van der Waals surface area contributed by atoms with Gasteiger partial charge in [-0.25, -0.2) is 4.79 Å². The lowest BCUT2D eigenvalue weighted by Crippen LogP contribution is -2.44. The smallest absolute Gasteiger partial charge is 0.317 e. The normalized spacial score (nSPS) is 16.2. The second kappa shape index (κ2) is 9.96. The molecule has 154 valence electrons. The van der Waals surface area contributed by atoms with E-state index in [-0.39, 0.29) is 17.9 Å². The van der Waals surface area contributed by atoms with E-state index in [1.165, 1.54) is 0 Å². The van der Waals surface area contributed by atoms with Crippen molar-refractivity contribution in [3.63, 3.8) is 0 Å². The van der Waals surface area contributed by atoms with E-state index in [0.717, 1.165) is 36.3 Å². The molecule has 0 aliphatic carbocycles. The minimum atomic E-state index is -0.0981. The van der Waals surface area contributed by atoms with Gasteiger partial charge in [-0.2, -0.15) is 0 Å². The van der Waals surface area contributed by atoms with Crippen LogP contribution in [0.25, 0.3) is 0 Å². The number of nitrogens with zero attached hydrogens (tertiary/aromatic N) is 1. The van der Waals surface area contributed by atoms with Gasteiger partial charge in [0.25, 0.3) is 5.91 Å². The summed E-state index contributed by atoms with van der Waals surface area (Å²) in [6.45, 7) is 4.48. The number of nitrogens with one attached hydrogen (secondary N) is 2. The fourth-order valence-electron chi connectivity index (χ4n) is 3.66. The highest BCUT2D eigenvalue weighted by Crippen LogP contribution is 2.27. The van der Waals surface area contributed by atoms with Gasteiger partial charge in [0.1, 0.15) is 5.75 Å². The second-order valence-corrected chi connectivity index (χ2v) is 7.28. The van der Waals surface area contributed by atoms with Crippen molar-refractivity contribution >= 4 is 11.9 Å². The van der Waals surface area contributed by atoms with Gasteiger partial charge in [-0.05, 0) is 55.2 Å². The third-order valence-corrected chi connectivity index (χ3v) is 5.27. The number of urea groups is 1. The van der Waals surface area contributed by atoms with Gasteiger partial charge in [-0.3, -0.25) is 4.79 Å². The first-order chi connectivity index (χ1) is 14.1. The Morgan fingerprint density at radius 3 is 2.66 bits per heavy atom. The Kier molecular flexibility index (Phi) is 7.11. The van der Waals surface area contributed by atoms with Crippen molar-refractivity contribution in [2.24, 2.45) is 0 Å². The minimum absolute atomic E-state index is 0.00871. The van der Waals surface area contributed by atoms with Crippen LogP contribution < -0.4 is 15.4 Å². The zero-order valence-corrected chi connectivity index (χ0v) is 17.1. The van der Waals surface area contributed by atoms with E-state index in [9.17, 15) is 9.59 Å². The molecule has 0 radical (unpaired) electrons. The van der Waals surface area contributed by atoms with Crippen LogP contribution in [0.3, 0.4) is 0 Å². The predicted molar refractivity (Wildman–Crippen MR) is 113 cm³/mol. The first-order valence-electron chi connectivity index (χ1n) is 10.1. The molecule has 0 saturated carbocycles. The van der Waals surface area contributed by atoms with Crippen LogP contribution in [0.15, 0.2) is 48.5 Å². The molecule has 1 heterocycles. The second-order valence-electron chi connectivity index (χ2n) is 7.28. The van der Waals surface area contributed by atoms with Crippen molar-refractivity contribution in [2.75, 3.05) is 26.7 Å². The van der Waals surface area contributed by atoms with Crippen LogP contribution in [0.5, 0.6) is 5.75 Å². The maximum Gasteiger partial charge on any atom is 0.317 e. The van der Waals surface area contributed by atoms with Gasteiger partial charge in [-0.1, -0.05) is 24.3 Å². The number of likely N-dealkylation sites (tertiary alicyclic amines) is 1. The maximum absolute atomic E-state index is 12.6. The van der Waals surface area contributed by atoms with Gasteiger partial charge in [0, 0.05) is 37.7 Å². The molecule has 1 saturated heterocycles. The summed E-state index contributed by atoms with van der Waals surface area (Å²) >= 11 is 0. The summed E-state index contributed by atoms with van der Waals surface area (Å²) in [7, 11) is 1.63. The largest absolute Gasteiger partial charge is 0.497 e. The number of hydrogen-bond acceptors (Lipinski definition) is 3. The molecule has 1 atom stereocenters.